The fourth-order valence-electron chi connectivity index (χ4n) is 1.60. The standard InChI is InChI=1S/C14H10BrN3O2/c1-18-5-4-9(7-13(18)19)14(20)17-12-3-2-11(15)6-10(12)8-16/h2-7H,1H3,(H,17,20). The number of hydrogen-bond donors (Lipinski definition) is 1. The Morgan fingerprint density at radius 3 is 2.75 bits per heavy atom. The summed E-state index contributed by atoms with van der Waals surface area (Å²) in [4.78, 5) is 23.5. The number of rotatable bonds is 2. The topological polar surface area (TPSA) is 74.9 Å². The number of nitrogens with one attached hydrogen (secondary N) is 1. The van der Waals surface area contributed by atoms with E-state index in [0.717, 1.165) is 4.47 Å². The molecule has 1 aromatic carbocycles. The van der Waals surface area contributed by atoms with Gasteiger partial charge in [-0.3, -0.25) is 9.59 Å². The average Bonchev–Trinajstić information content (AvgIpc) is 2.43. The van der Waals surface area contributed by atoms with Gasteiger partial charge in [-0.05, 0) is 24.3 Å². The number of benzene rings is 1. The van der Waals surface area contributed by atoms with E-state index in [1.807, 2.05) is 6.07 Å². The first-order valence-electron chi connectivity index (χ1n) is 5.69. The molecule has 0 spiro atoms. The molecule has 0 aliphatic carbocycles. The molecule has 0 radical (unpaired) electrons. The zero-order valence-electron chi connectivity index (χ0n) is 10.6. The smallest absolute Gasteiger partial charge is 0.255 e. The Morgan fingerprint density at radius 2 is 2.10 bits per heavy atom. The fraction of sp³-hybridized carbons (Fsp3) is 0.0714. The van der Waals surface area contributed by atoms with Crippen molar-refractivity contribution in [3.05, 3.63) is 62.5 Å². The van der Waals surface area contributed by atoms with Gasteiger partial charge in [0.15, 0.2) is 0 Å². The minimum absolute atomic E-state index is 0.250. The van der Waals surface area contributed by atoms with E-state index in [1.54, 1.807) is 31.3 Å². The number of aromatic nitrogens is 1. The molecule has 0 bridgehead atoms. The average molecular weight is 332 g/mol. The van der Waals surface area contributed by atoms with Gasteiger partial charge in [-0.1, -0.05) is 15.9 Å². The summed E-state index contributed by atoms with van der Waals surface area (Å²) in [7, 11) is 1.60. The number of nitriles is 1. The Morgan fingerprint density at radius 1 is 1.35 bits per heavy atom. The molecule has 1 N–H and O–H groups in total. The van der Waals surface area contributed by atoms with Crippen molar-refractivity contribution in [3.8, 4) is 6.07 Å². The highest BCUT2D eigenvalue weighted by molar-refractivity contribution is 9.10. The molecule has 0 aliphatic rings. The first-order valence-corrected chi connectivity index (χ1v) is 6.48. The Kier molecular flexibility index (Phi) is 4.01. The van der Waals surface area contributed by atoms with Crippen LogP contribution in [0.2, 0.25) is 0 Å². The van der Waals surface area contributed by atoms with Crippen LogP contribution in [-0.4, -0.2) is 10.5 Å². The van der Waals surface area contributed by atoms with E-state index in [4.69, 9.17) is 5.26 Å². The number of anilines is 1. The third-order valence-electron chi connectivity index (χ3n) is 2.72. The van der Waals surface area contributed by atoms with Crippen molar-refractivity contribution in [3.63, 3.8) is 0 Å². The quantitative estimate of drug-likeness (QED) is 0.917. The summed E-state index contributed by atoms with van der Waals surface area (Å²) in [5.41, 5.74) is 0.729. The van der Waals surface area contributed by atoms with Gasteiger partial charge in [-0.15, -0.1) is 0 Å². The van der Waals surface area contributed by atoms with Gasteiger partial charge >= 0.3 is 0 Å². The summed E-state index contributed by atoms with van der Waals surface area (Å²) in [6, 6.07) is 9.76. The minimum Gasteiger partial charge on any atom is -0.321 e. The lowest BCUT2D eigenvalue weighted by atomic mass is 10.2. The van der Waals surface area contributed by atoms with Crippen molar-refractivity contribution in [1.82, 2.24) is 4.57 Å². The van der Waals surface area contributed by atoms with Crippen LogP contribution in [0, 0.1) is 11.3 Å². The number of pyridine rings is 1. The summed E-state index contributed by atoms with van der Waals surface area (Å²) >= 11 is 3.26. The molecule has 1 aromatic heterocycles. The van der Waals surface area contributed by atoms with Crippen molar-refractivity contribution < 1.29 is 4.79 Å². The predicted molar refractivity (Wildman–Crippen MR) is 78.5 cm³/mol. The van der Waals surface area contributed by atoms with Gasteiger partial charge in [0.2, 0.25) is 0 Å². The van der Waals surface area contributed by atoms with Gasteiger partial charge in [0.05, 0.1) is 11.3 Å². The number of nitrogens with zero attached hydrogens (tertiary/aromatic N) is 2. The molecule has 100 valence electrons. The number of hydrogen-bond acceptors (Lipinski definition) is 3. The molecule has 0 saturated heterocycles. The third kappa shape index (κ3) is 2.95. The zero-order valence-corrected chi connectivity index (χ0v) is 12.1. The lowest BCUT2D eigenvalue weighted by Crippen LogP contribution is -2.20. The summed E-state index contributed by atoms with van der Waals surface area (Å²) in [5, 5.41) is 11.7. The van der Waals surface area contributed by atoms with Crippen LogP contribution in [0.1, 0.15) is 15.9 Å². The first kappa shape index (κ1) is 14.0. The minimum atomic E-state index is -0.429. The molecule has 0 aliphatic heterocycles. The molecule has 2 aromatic rings. The van der Waals surface area contributed by atoms with Crippen LogP contribution < -0.4 is 10.9 Å². The van der Waals surface area contributed by atoms with Crippen LogP contribution in [0.15, 0.2) is 45.8 Å². The Hall–Kier alpha value is -2.39. The summed E-state index contributed by atoms with van der Waals surface area (Å²) in [6.45, 7) is 0. The maximum Gasteiger partial charge on any atom is 0.255 e. The summed E-state index contributed by atoms with van der Waals surface area (Å²) < 4.78 is 2.12. The lowest BCUT2D eigenvalue weighted by molar-refractivity contribution is 0.102. The second-order valence-corrected chi connectivity index (χ2v) is 5.04. The van der Waals surface area contributed by atoms with E-state index in [2.05, 4.69) is 21.2 Å². The molecule has 5 nitrogen and oxygen atoms in total. The van der Waals surface area contributed by atoms with Gasteiger partial charge in [0, 0.05) is 29.3 Å². The lowest BCUT2D eigenvalue weighted by Gasteiger charge is -2.07. The van der Waals surface area contributed by atoms with Crippen LogP contribution in [0.25, 0.3) is 0 Å². The van der Waals surface area contributed by atoms with Crippen LogP contribution in [0.5, 0.6) is 0 Å². The van der Waals surface area contributed by atoms with Crippen LogP contribution >= 0.6 is 15.9 Å². The zero-order chi connectivity index (χ0) is 14.7. The molecule has 0 fully saturated rings. The van der Waals surface area contributed by atoms with Crippen molar-refractivity contribution >= 4 is 27.5 Å². The Balaban J connectivity index is 2.30. The second-order valence-electron chi connectivity index (χ2n) is 4.12. The molecule has 6 heteroatoms. The number of halogens is 1. The molecule has 1 amide bonds. The Bertz CT molecular complexity index is 775. The second kappa shape index (κ2) is 5.72. The highest BCUT2D eigenvalue weighted by atomic mass is 79.9. The largest absolute Gasteiger partial charge is 0.321 e. The van der Waals surface area contributed by atoms with Gasteiger partial charge in [-0.2, -0.15) is 5.26 Å². The normalized spacial score (nSPS) is 9.85. The number of aryl methyl sites for hydroxylation is 1. The van der Waals surface area contributed by atoms with Crippen LogP contribution in [0.3, 0.4) is 0 Å². The number of carbonyl (C=O) groups is 1. The van der Waals surface area contributed by atoms with Gasteiger partial charge in [0.25, 0.3) is 11.5 Å². The van der Waals surface area contributed by atoms with E-state index in [1.165, 1.54) is 16.8 Å². The maximum absolute atomic E-state index is 12.1. The van der Waals surface area contributed by atoms with E-state index < -0.39 is 5.91 Å². The van der Waals surface area contributed by atoms with Crippen LogP contribution in [0.4, 0.5) is 5.69 Å². The third-order valence-corrected chi connectivity index (χ3v) is 3.21. The van der Waals surface area contributed by atoms with E-state index in [-0.39, 0.29) is 11.1 Å². The molecule has 0 atom stereocenters. The molecular weight excluding hydrogens is 322 g/mol. The highest BCUT2D eigenvalue weighted by Crippen LogP contribution is 2.20. The van der Waals surface area contributed by atoms with Crippen molar-refractivity contribution in [1.29, 1.82) is 5.26 Å². The predicted octanol–water partition coefficient (Wildman–Crippen LogP) is 2.27. The monoisotopic (exact) mass is 331 g/mol. The van der Waals surface area contributed by atoms with Crippen LogP contribution in [-0.2, 0) is 7.05 Å². The van der Waals surface area contributed by atoms with E-state index in [0.29, 0.717) is 11.3 Å². The van der Waals surface area contributed by atoms with Gasteiger partial charge in [0.1, 0.15) is 6.07 Å². The summed E-state index contributed by atoms with van der Waals surface area (Å²) in [5.74, 6) is -0.429. The van der Waals surface area contributed by atoms with E-state index >= 15 is 0 Å². The number of amides is 1. The molecule has 0 unspecified atom stereocenters. The van der Waals surface area contributed by atoms with Crippen molar-refractivity contribution in [2.24, 2.45) is 7.05 Å². The maximum atomic E-state index is 12.1. The summed E-state index contributed by atoms with van der Waals surface area (Å²) in [6.07, 6.45) is 1.52. The molecular formula is C14H10BrN3O2. The number of carbonyl (C=O) groups excluding carboxylic acids is 1. The van der Waals surface area contributed by atoms with Gasteiger partial charge < -0.3 is 9.88 Å². The van der Waals surface area contributed by atoms with Gasteiger partial charge in [-0.25, -0.2) is 0 Å². The SMILES string of the molecule is Cn1ccc(C(=O)Nc2ccc(Br)cc2C#N)cc1=O. The fourth-order valence-corrected chi connectivity index (χ4v) is 1.96. The molecule has 1 heterocycles. The molecule has 0 saturated carbocycles. The molecule has 2 rings (SSSR count). The Labute approximate surface area is 123 Å². The highest BCUT2D eigenvalue weighted by Gasteiger charge is 2.10. The van der Waals surface area contributed by atoms with E-state index in [9.17, 15) is 9.59 Å². The molecule has 20 heavy (non-hydrogen) atoms. The van der Waals surface area contributed by atoms with Crippen molar-refractivity contribution in [2.75, 3.05) is 5.32 Å². The first-order chi connectivity index (χ1) is 9.51. The van der Waals surface area contributed by atoms with Crippen molar-refractivity contribution in [2.45, 2.75) is 0 Å².